The Hall–Kier alpha value is -2.08. The van der Waals surface area contributed by atoms with E-state index in [1.54, 1.807) is 0 Å². The van der Waals surface area contributed by atoms with E-state index in [4.69, 9.17) is 0 Å². The van der Waals surface area contributed by atoms with Crippen LogP contribution in [0.25, 0.3) is 21.9 Å². The van der Waals surface area contributed by atoms with Gasteiger partial charge in [0.2, 0.25) is 0 Å². The van der Waals surface area contributed by atoms with Crippen molar-refractivity contribution in [3.63, 3.8) is 0 Å². The van der Waals surface area contributed by atoms with E-state index < -0.39 is 0 Å². The zero-order valence-corrected chi connectivity index (χ0v) is 11.5. The Labute approximate surface area is 114 Å². The molecule has 0 bridgehead atoms. The van der Waals surface area contributed by atoms with Crippen molar-refractivity contribution in [2.24, 2.45) is 0 Å². The lowest BCUT2D eigenvalue weighted by atomic mass is 9.90. The Balaban J connectivity index is 2.40. The van der Waals surface area contributed by atoms with Gasteiger partial charge in [-0.2, -0.15) is 0 Å². The molecule has 0 aliphatic carbocycles. The number of hydrogen-bond acceptors (Lipinski definition) is 0. The molecule has 0 radical (unpaired) electrons. The molecule has 0 saturated carbocycles. The molecule has 0 nitrogen and oxygen atoms in total. The van der Waals surface area contributed by atoms with E-state index >= 15 is 0 Å². The predicted octanol–water partition coefficient (Wildman–Crippen LogP) is 5.38. The van der Waals surface area contributed by atoms with Gasteiger partial charge in [0.25, 0.3) is 0 Å². The van der Waals surface area contributed by atoms with Crippen LogP contribution < -0.4 is 0 Å². The maximum Gasteiger partial charge on any atom is -0.00759 e. The topological polar surface area (TPSA) is 0 Å². The van der Waals surface area contributed by atoms with Crippen LogP contribution in [0.15, 0.2) is 60.7 Å². The van der Waals surface area contributed by atoms with Gasteiger partial charge >= 0.3 is 0 Å². The summed E-state index contributed by atoms with van der Waals surface area (Å²) in [6, 6.07) is 21.8. The summed E-state index contributed by atoms with van der Waals surface area (Å²) in [7, 11) is 0. The van der Waals surface area contributed by atoms with Crippen LogP contribution in [0.2, 0.25) is 0 Å². The van der Waals surface area contributed by atoms with Gasteiger partial charge in [0, 0.05) is 0 Å². The molecule has 3 aromatic carbocycles. The van der Waals surface area contributed by atoms with Crippen LogP contribution >= 0.6 is 0 Å². The summed E-state index contributed by atoms with van der Waals surface area (Å²) in [6.45, 7) is 4.44. The SMILES string of the molecule is CCc1cc(C)c(-c2ccccc2)c2ccccc12. The van der Waals surface area contributed by atoms with Crippen molar-refractivity contribution in [3.8, 4) is 11.1 Å². The molecule has 0 aliphatic rings. The highest BCUT2D eigenvalue weighted by atomic mass is 14.1. The van der Waals surface area contributed by atoms with Crippen molar-refractivity contribution in [3.05, 3.63) is 71.8 Å². The van der Waals surface area contributed by atoms with E-state index in [1.165, 1.54) is 33.0 Å². The average molecular weight is 246 g/mol. The third kappa shape index (κ3) is 2.04. The van der Waals surface area contributed by atoms with Crippen LogP contribution in [-0.2, 0) is 6.42 Å². The van der Waals surface area contributed by atoms with Crippen molar-refractivity contribution in [2.45, 2.75) is 20.3 Å². The number of rotatable bonds is 2. The molecule has 0 heterocycles. The average Bonchev–Trinajstić information content (AvgIpc) is 2.47. The maximum absolute atomic E-state index is 2.34. The number of fused-ring (bicyclic) bond motifs is 1. The molecule has 0 N–H and O–H groups in total. The fourth-order valence-electron chi connectivity index (χ4n) is 2.89. The predicted molar refractivity (Wildman–Crippen MR) is 83.5 cm³/mol. The van der Waals surface area contributed by atoms with Crippen LogP contribution in [0.4, 0.5) is 0 Å². The first-order valence-corrected chi connectivity index (χ1v) is 6.88. The summed E-state index contributed by atoms with van der Waals surface area (Å²) < 4.78 is 0. The van der Waals surface area contributed by atoms with Crippen LogP contribution in [0.1, 0.15) is 18.1 Å². The lowest BCUT2D eigenvalue weighted by molar-refractivity contribution is 1.15. The molecule has 0 spiro atoms. The monoisotopic (exact) mass is 246 g/mol. The summed E-state index contributed by atoms with van der Waals surface area (Å²) in [4.78, 5) is 0. The first-order valence-electron chi connectivity index (χ1n) is 6.88. The highest BCUT2D eigenvalue weighted by Crippen LogP contribution is 2.34. The number of hydrogen-bond donors (Lipinski definition) is 0. The second kappa shape index (κ2) is 4.89. The van der Waals surface area contributed by atoms with Crippen LogP contribution in [0.5, 0.6) is 0 Å². The summed E-state index contributed by atoms with van der Waals surface area (Å²) in [5.74, 6) is 0. The summed E-state index contributed by atoms with van der Waals surface area (Å²) in [6.07, 6.45) is 1.08. The van der Waals surface area contributed by atoms with Crippen molar-refractivity contribution in [1.29, 1.82) is 0 Å². The molecule has 94 valence electrons. The van der Waals surface area contributed by atoms with Gasteiger partial charge in [0.1, 0.15) is 0 Å². The van der Waals surface area contributed by atoms with Gasteiger partial charge < -0.3 is 0 Å². The minimum atomic E-state index is 1.08. The van der Waals surface area contributed by atoms with Crippen LogP contribution in [0, 0.1) is 6.92 Å². The molecular weight excluding hydrogens is 228 g/mol. The summed E-state index contributed by atoms with van der Waals surface area (Å²) in [5, 5.41) is 2.75. The van der Waals surface area contributed by atoms with E-state index in [0.29, 0.717) is 0 Å². The molecule has 0 amide bonds. The van der Waals surface area contributed by atoms with Crippen LogP contribution in [0.3, 0.4) is 0 Å². The van der Waals surface area contributed by atoms with E-state index in [2.05, 4.69) is 74.5 Å². The van der Waals surface area contributed by atoms with Gasteiger partial charge in [0.15, 0.2) is 0 Å². The molecule has 0 aliphatic heterocycles. The van der Waals surface area contributed by atoms with E-state index in [9.17, 15) is 0 Å². The van der Waals surface area contributed by atoms with Crippen molar-refractivity contribution < 1.29 is 0 Å². The highest BCUT2D eigenvalue weighted by molar-refractivity contribution is 6.00. The largest absolute Gasteiger partial charge is 0.0622 e. The molecule has 0 heteroatoms. The third-order valence-corrected chi connectivity index (χ3v) is 3.77. The van der Waals surface area contributed by atoms with Crippen molar-refractivity contribution in [1.82, 2.24) is 0 Å². The molecular formula is C19H18. The Bertz CT molecular complexity index is 709. The zero-order chi connectivity index (χ0) is 13.2. The normalized spacial score (nSPS) is 10.8. The minimum absolute atomic E-state index is 1.08. The summed E-state index contributed by atoms with van der Waals surface area (Å²) >= 11 is 0. The molecule has 0 fully saturated rings. The van der Waals surface area contributed by atoms with E-state index in [0.717, 1.165) is 6.42 Å². The minimum Gasteiger partial charge on any atom is -0.0622 e. The van der Waals surface area contributed by atoms with Gasteiger partial charge in [-0.15, -0.1) is 0 Å². The second-order valence-electron chi connectivity index (χ2n) is 4.99. The zero-order valence-electron chi connectivity index (χ0n) is 11.5. The fraction of sp³-hybridized carbons (Fsp3) is 0.158. The molecule has 3 rings (SSSR count). The molecule has 3 aromatic rings. The first kappa shape index (κ1) is 12.0. The van der Waals surface area contributed by atoms with E-state index in [1.807, 2.05) is 0 Å². The number of aryl methyl sites for hydroxylation is 2. The Morgan fingerprint density at radius 3 is 2.11 bits per heavy atom. The van der Waals surface area contributed by atoms with E-state index in [-0.39, 0.29) is 0 Å². The Morgan fingerprint density at radius 1 is 0.789 bits per heavy atom. The fourth-order valence-corrected chi connectivity index (χ4v) is 2.89. The van der Waals surface area contributed by atoms with Gasteiger partial charge in [-0.3, -0.25) is 0 Å². The lowest BCUT2D eigenvalue weighted by Gasteiger charge is -2.14. The lowest BCUT2D eigenvalue weighted by Crippen LogP contribution is -1.91. The number of benzene rings is 3. The molecule has 0 atom stereocenters. The Kier molecular flexibility index (Phi) is 3.08. The maximum atomic E-state index is 2.34. The molecule has 0 saturated heterocycles. The van der Waals surface area contributed by atoms with Gasteiger partial charge in [-0.1, -0.05) is 67.6 Å². The standard InChI is InChI=1S/C19H18/c1-3-15-13-14(2)19(16-9-5-4-6-10-16)18-12-8-7-11-17(15)18/h4-13H,3H2,1-2H3. The molecule has 0 aromatic heterocycles. The summed E-state index contributed by atoms with van der Waals surface area (Å²) in [5.41, 5.74) is 5.47. The smallest absolute Gasteiger partial charge is 0.00759 e. The third-order valence-electron chi connectivity index (χ3n) is 3.77. The quantitative estimate of drug-likeness (QED) is 0.569. The highest BCUT2D eigenvalue weighted by Gasteiger charge is 2.09. The van der Waals surface area contributed by atoms with Gasteiger partial charge in [-0.05, 0) is 46.4 Å². The van der Waals surface area contributed by atoms with Crippen molar-refractivity contribution >= 4 is 10.8 Å². The first-order chi connectivity index (χ1) is 9.31. The Morgan fingerprint density at radius 2 is 1.42 bits per heavy atom. The molecule has 0 unspecified atom stereocenters. The van der Waals surface area contributed by atoms with Gasteiger partial charge in [0.05, 0.1) is 0 Å². The second-order valence-corrected chi connectivity index (χ2v) is 4.99. The van der Waals surface area contributed by atoms with Gasteiger partial charge in [-0.25, -0.2) is 0 Å². The van der Waals surface area contributed by atoms with Crippen LogP contribution in [-0.4, -0.2) is 0 Å². The van der Waals surface area contributed by atoms with Crippen molar-refractivity contribution in [2.75, 3.05) is 0 Å². The molecule has 19 heavy (non-hydrogen) atoms.